The van der Waals surface area contributed by atoms with Crippen molar-refractivity contribution >= 4 is 11.6 Å². The zero-order chi connectivity index (χ0) is 16.4. The molecular formula is C17H20ClN3O2. The van der Waals surface area contributed by atoms with Gasteiger partial charge in [-0.3, -0.25) is 9.36 Å². The molecule has 1 N–H and O–H groups in total. The minimum atomic E-state index is -0.374. The first-order valence-electron chi connectivity index (χ1n) is 7.80. The second-order valence-corrected chi connectivity index (χ2v) is 6.51. The average molecular weight is 334 g/mol. The van der Waals surface area contributed by atoms with Crippen molar-refractivity contribution in [2.24, 2.45) is 7.05 Å². The summed E-state index contributed by atoms with van der Waals surface area (Å²) in [7, 11) is 1.50. The lowest BCUT2D eigenvalue weighted by Crippen LogP contribution is -2.35. The molecule has 3 rings (SSSR count). The van der Waals surface area contributed by atoms with Gasteiger partial charge < -0.3 is 9.88 Å². The summed E-state index contributed by atoms with van der Waals surface area (Å²) >= 11 is 6.07. The lowest BCUT2D eigenvalue weighted by Gasteiger charge is -2.16. The normalized spacial score (nSPS) is 18.4. The second-order valence-electron chi connectivity index (χ2n) is 6.07. The van der Waals surface area contributed by atoms with Crippen molar-refractivity contribution < 1.29 is 0 Å². The maximum Gasteiger partial charge on any atom is 0.328 e. The van der Waals surface area contributed by atoms with Gasteiger partial charge in [0.1, 0.15) is 0 Å². The van der Waals surface area contributed by atoms with Gasteiger partial charge in [-0.05, 0) is 43.0 Å². The fraction of sp³-hybridized carbons (Fsp3) is 0.412. The van der Waals surface area contributed by atoms with Crippen molar-refractivity contribution in [1.82, 2.24) is 14.5 Å². The molecule has 1 fully saturated rings. The first-order valence-corrected chi connectivity index (χ1v) is 8.18. The molecule has 0 aliphatic carbocycles. The number of H-pyrrole nitrogens is 1. The largest absolute Gasteiger partial charge is 0.328 e. The van der Waals surface area contributed by atoms with Crippen LogP contribution >= 0.6 is 11.6 Å². The third-order valence-corrected chi connectivity index (χ3v) is 4.78. The molecule has 122 valence electrons. The number of aromatic amines is 1. The van der Waals surface area contributed by atoms with Crippen LogP contribution in [0.5, 0.6) is 0 Å². The number of hydrogen-bond acceptors (Lipinski definition) is 3. The molecule has 2 heterocycles. The first-order chi connectivity index (χ1) is 11.0. The fourth-order valence-electron chi connectivity index (χ4n) is 3.14. The third kappa shape index (κ3) is 3.57. The summed E-state index contributed by atoms with van der Waals surface area (Å²) in [6, 6.07) is 8.04. The summed E-state index contributed by atoms with van der Waals surface area (Å²) in [4.78, 5) is 28.4. The van der Waals surface area contributed by atoms with Crippen molar-refractivity contribution in [3.05, 3.63) is 67.4 Å². The summed E-state index contributed by atoms with van der Waals surface area (Å²) < 4.78 is 1.12. The van der Waals surface area contributed by atoms with Crippen LogP contribution < -0.4 is 11.2 Å². The molecule has 0 saturated carbocycles. The van der Waals surface area contributed by atoms with Crippen LogP contribution in [0.25, 0.3) is 0 Å². The Morgan fingerprint density at radius 1 is 1.35 bits per heavy atom. The van der Waals surface area contributed by atoms with Crippen LogP contribution in [0.3, 0.4) is 0 Å². The van der Waals surface area contributed by atoms with E-state index < -0.39 is 0 Å². The van der Waals surface area contributed by atoms with E-state index in [4.69, 9.17) is 11.6 Å². The lowest BCUT2D eigenvalue weighted by atomic mass is 9.99. The highest BCUT2D eigenvalue weighted by Crippen LogP contribution is 2.28. The van der Waals surface area contributed by atoms with Gasteiger partial charge in [0.15, 0.2) is 0 Å². The van der Waals surface area contributed by atoms with Crippen molar-refractivity contribution in [3.63, 3.8) is 0 Å². The number of nitrogens with zero attached hydrogens (tertiary/aromatic N) is 2. The Balaban J connectivity index is 1.62. The Morgan fingerprint density at radius 2 is 2.17 bits per heavy atom. The smallest absolute Gasteiger partial charge is 0.314 e. The number of hydrogen-bond donors (Lipinski definition) is 1. The van der Waals surface area contributed by atoms with Crippen molar-refractivity contribution in [3.8, 4) is 0 Å². The number of nitrogens with one attached hydrogen (secondary N) is 1. The Hall–Kier alpha value is -1.85. The Bertz CT molecular complexity index is 812. The molecule has 0 unspecified atom stereocenters. The molecule has 0 radical (unpaired) electrons. The highest BCUT2D eigenvalue weighted by molar-refractivity contribution is 6.30. The molecule has 1 saturated heterocycles. The van der Waals surface area contributed by atoms with E-state index in [1.807, 2.05) is 18.2 Å². The van der Waals surface area contributed by atoms with E-state index in [0.717, 1.165) is 35.6 Å². The van der Waals surface area contributed by atoms with E-state index >= 15 is 0 Å². The van der Waals surface area contributed by atoms with E-state index in [2.05, 4.69) is 16.0 Å². The molecule has 1 aliphatic heterocycles. The first kappa shape index (κ1) is 16.0. The number of likely N-dealkylation sites (tertiary alicyclic amines) is 1. The van der Waals surface area contributed by atoms with Crippen molar-refractivity contribution in [2.75, 3.05) is 19.6 Å². The van der Waals surface area contributed by atoms with Crippen LogP contribution in [0.2, 0.25) is 5.02 Å². The average Bonchev–Trinajstić information content (AvgIpc) is 3.01. The minimum absolute atomic E-state index is 0.209. The van der Waals surface area contributed by atoms with E-state index in [1.54, 1.807) is 0 Å². The quantitative estimate of drug-likeness (QED) is 0.927. The molecule has 0 amide bonds. The van der Waals surface area contributed by atoms with Crippen LogP contribution in [0.4, 0.5) is 0 Å². The van der Waals surface area contributed by atoms with Gasteiger partial charge >= 0.3 is 5.69 Å². The molecule has 1 aliphatic rings. The molecule has 1 atom stereocenters. The van der Waals surface area contributed by atoms with Gasteiger partial charge in [-0.2, -0.15) is 0 Å². The molecule has 2 aromatic rings. The Morgan fingerprint density at radius 3 is 2.96 bits per heavy atom. The van der Waals surface area contributed by atoms with E-state index in [-0.39, 0.29) is 11.2 Å². The molecule has 1 aromatic carbocycles. The Kier molecular flexibility index (Phi) is 4.68. The van der Waals surface area contributed by atoms with E-state index in [0.29, 0.717) is 17.9 Å². The van der Waals surface area contributed by atoms with Crippen molar-refractivity contribution in [2.45, 2.75) is 18.8 Å². The minimum Gasteiger partial charge on any atom is -0.314 e. The molecule has 5 nitrogen and oxygen atoms in total. The lowest BCUT2D eigenvalue weighted by molar-refractivity contribution is 0.338. The summed E-state index contributed by atoms with van der Waals surface area (Å²) in [5.74, 6) is 0.493. The molecule has 23 heavy (non-hydrogen) atoms. The summed E-state index contributed by atoms with van der Waals surface area (Å²) in [5, 5.41) is 0.776. The summed E-state index contributed by atoms with van der Waals surface area (Å²) in [6.07, 6.45) is 3.28. The van der Waals surface area contributed by atoms with Crippen LogP contribution in [0.15, 0.2) is 40.1 Å². The fourth-order valence-corrected chi connectivity index (χ4v) is 3.34. The molecule has 6 heteroatoms. The van der Waals surface area contributed by atoms with Crippen LogP contribution in [-0.4, -0.2) is 34.1 Å². The maximum atomic E-state index is 12.0. The van der Waals surface area contributed by atoms with E-state index in [9.17, 15) is 9.59 Å². The number of rotatable bonds is 4. The van der Waals surface area contributed by atoms with E-state index in [1.165, 1.54) is 18.8 Å². The number of benzene rings is 1. The predicted octanol–water partition coefficient (Wildman–Crippen LogP) is 1.76. The maximum absolute atomic E-state index is 12.0. The molecule has 1 aromatic heterocycles. The zero-order valence-electron chi connectivity index (χ0n) is 13.1. The van der Waals surface area contributed by atoms with Crippen LogP contribution in [0.1, 0.15) is 23.5 Å². The number of aromatic nitrogens is 2. The topological polar surface area (TPSA) is 58.1 Å². The van der Waals surface area contributed by atoms with Crippen molar-refractivity contribution in [1.29, 1.82) is 0 Å². The summed E-state index contributed by atoms with van der Waals surface area (Å²) in [6.45, 7) is 2.81. The van der Waals surface area contributed by atoms with Gasteiger partial charge in [0.05, 0.1) is 0 Å². The van der Waals surface area contributed by atoms with Gasteiger partial charge in [-0.1, -0.05) is 23.7 Å². The Labute approximate surface area is 139 Å². The van der Waals surface area contributed by atoms with Crippen LogP contribution in [0, 0.1) is 0 Å². The van der Waals surface area contributed by atoms with Gasteiger partial charge in [0, 0.05) is 36.9 Å². The standard InChI is InChI=1S/C17H20ClN3O2/c1-20-16(22)13(10-19-17(20)23)5-7-21-8-6-14(11-21)12-3-2-4-15(18)9-12/h2-4,9-10,14H,5-8,11H2,1H3,(H,19,23)/t14-/m1/s1. The van der Waals surface area contributed by atoms with Gasteiger partial charge in [0.2, 0.25) is 0 Å². The molecule has 0 bridgehead atoms. The predicted molar refractivity (Wildman–Crippen MR) is 91.3 cm³/mol. The SMILES string of the molecule is Cn1c(=O)[nH]cc(CCN2CC[C@@H](c3cccc(Cl)c3)C2)c1=O. The van der Waals surface area contributed by atoms with Gasteiger partial charge in [-0.15, -0.1) is 0 Å². The zero-order valence-corrected chi connectivity index (χ0v) is 13.8. The van der Waals surface area contributed by atoms with Crippen LogP contribution in [-0.2, 0) is 13.5 Å². The molecular weight excluding hydrogens is 314 g/mol. The highest BCUT2D eigenvalue weighted by Gasteiger charge is 2.23. The van der Waals surface area contributed by atoms with Gasteiger partial charge in [0.25, 0.3) is 5.56 Å². The molecule has 0 spiro atoms. The number of halogens is 1. The summed E-state index contributed by atoms with van der Waals surface area (Å²) in [5.41, 5.74) is 1.35. The third-order valence-electron chi connectivity index (χ3n) is 4.54. The highest BCUT2D eigenvalue weighted by atomic mass is 35.5. The second kappa shape index (κ2) is 6.72. The monoisotopic (exact) mass is 333 g/mol. The van der Waals surface area contributed by atoms with Gasteiger partial charge in [-0.25, -0.2) is 4.79 Å².